The molecule has 1 aromatic rings. The molecule has 1 saturated heterocycles. The third kappa shape index (κ3) is 4.68. The van der Waals surface area contributed by atoms with E-state index in [-0.39, 0.29) is 11.8 Å². The molecule has 0 bridgehead atoms. The zero-order valence-electron chi connectivity index (χ0n) is 11.8. The van der Waals surface area contributed by atoms with Gasteiger partial charge in [0, 0.05) is 11.7 Å². The summed E-state index contributed by atoms with van der Waals surface area (Å²) in [6, 6.07) is 7.03. The van der Waals surface area contributed by atoms with Crippen LogP contribution in [0.25, 0.3) is 0 Å². The summed E-state index contributed by atoms with van der Waals surface area (Å²) in [5.41, 5.74) is 0.573. The standard InChI is InChI=1S/C14H22N2O3S/c1-2-19-14-8-6-12(7-9-14)16-20(17,18)11-13-5-3-4-10-15-13/h6-9,13,15-16H,2-5,10-11H2,1H3. The summed E-state index contributed by atoms with van der Waals surface area (Å²) in [4.78, 5) is 0. The Bertz CT molecular complexity index is 508. The maximum atomic E-state index is 12.1. The highest BCUT2D eigenvalue weighted by atomic mass is 32.2. The molecule has 112 valence electrons. The third-order valence-corrected chi connectivity index (χ3v) is 4.66. The number of sulfonamides is 1. The summed E-state index contributed by atoms with van der Waals surface area (Å²) in [6.45, 7) is 3.41. The van der Waals surface area contributed by atoms with E-state index in [1.165, 1.54) is 0 Å². The second-order valence-electron chi connectivity index (χ2n) is 4.99. The molecule has 0 saturated carbocycles. The van der Waals surface area contributed by atoms with Crippen molar-refractivity contribution in [3.63, 3.8) is 0 Å². The van der Waals surface area contributed by atoms with Gasteiger partial charge in [0.1, 0.15) is 5.75 Å². The SMILES string of the molecule is CCOc1ccc(NS(=O)(=O)CC2CCCCN2)cc1. The van der Waals surface area contributed by atoms with Crippen LogP contribution in [0.1, 0.15) is 26.2 Å². The van der Waals surface area contributed by atoms with Gasteiger partial charge in [0.15, 0.2) is 0 Å². The molecule has 0 radical (unpaired) electrons. The molecule has 2 N–H and O–H groups in total. The quantitative estimate of drug-likeness (QED) is 0.842. The molecular formula is C14H22N2O3S. The number of hydrogen-bond acceptors (Lipinski definition) is 4. The first-order valence-electron chi connectivity index (χ1n) is 7.06. The van der Waals surface area contributed by atoms with E-state index in [4.69, 9.17) is 4.74 Å². The number of benzene rings is 1. The van der Waals surface area contributed by atoms with Crippen LogP contribution in [-0.2, 0) is 10.0 Å². The number of rotatable bonds is 6. The van der Waals surface area contributed by atoms with Crippen molar-refractivity contribution in [1.82, 2.24) is 5.32 Å². The fourth-order valence-electron chi connectivity index (χ4n) is 2.34. The molecule has 1 unspecified atom stereocenters. The highest BCUT2D eigenvalue weighted by Crippen LogP contribution is 2.17. The van der Waals surface area contributed by atoms with E-state index in [0.29, 0.717) is 12.3 Å². The first-order valence-corrected chi connectivity index (χ1v) is 8.71. The first-order chi connectivity index (χ1) is 9.59. The minimum Gasteiger partial charge on any atom is -0.494 e. The Kier molecular flexibility index (Phi) is 5.25. The summed E-state index contributed by atoms with van der Waals surface area (Å²) in [7, 11) is -3.31. The second-order valence-corrected chi connectivity index (χ2v) is 6.75. The first kappa shape index (κ1) is 15.1. The predicted octanol–water partition coefficient (Wildman–Crippen LogP) is 1.97. The van der Waals surface area contributed by atoms with Gasteiger partial charge in [-0.05, 0) is 50.6 Å². The van der Waals surface area contributed by atoms with Crippen molar-refractivity contribution in [1.29, 1.82) is 0 Å². The maximum Gasteiger partial charge on any atom is 0.234 e. The van der Waals surface area contributed by atoms with Crippen LogP contribution < -0.4 is 14.8 Å². The zero-order chi connectivity index (χ0) is 14.4. The summed E-state index contributed by atoms with van der Waals surface area (Å²) in [5, 5.41) is 3.25. The lowest BCUT2D eigenvalue weighted by atomic mass is 10.1. The van der Waals surface area contributed by atoms with Gasteiger partial charge in [-0.3, -0.25) is 4.72 Å². The molecule has 0 spiro atoms. The molecule has 20 heavy (non-hydrogen) atoms. The molecule has 2 rings (SSSR count). The maximum absolute atomic E-state index is 12.1. The lowest BCUT2D eigenvalue weighted by Crippen LogP contribution is -2.40. The smallest absolute Gasteiger partial charge is 0.234 e. The van der Waals surface area contributed by atoms with Crippen LogP contribution in [0.3, 0.4) is 0 Å². The Balaban J connectivity index is 1.93. The number of piperidine rings is 1. The minimum absolute atomic E-state index is 0.0592. The Labute approximate surface area is 120 Å². The molecule has 1 aliphatic heterocycles. The lowest BCUT2D eigenvalue weighted by molar-refractivity contribution is 0.340. The van der Waals surface area contributed by atoms with Crippen LogP contribution in [0.4, 0.5) is 5.69 Å². The minimum atomic E-state index is -3.31. The van der Waals surface area contributed by atoms with Crippen LogP contribution in [0, 0.1) is 0 Å². The van der Waals surface area contributed by atoms with Gasteiger partial charge < -0.3 is 10.1 Å². The van der Waals surface area contributed by atoms with E-state index in [1.807, 2.05) is 6.92 Å². The van der Waals surface area contributed by atoms with Gasteiger partial charge in [-0.25, -0.2) is 8.42 Å². The van der Waals surface area contributed by atoms with Crippen LogP contribution in [0.15, 0.2) is 24.3 Å². The highest BCUT2D eigenvalue weighted by molar-refractivity contribution is 7.92. The molecule has 0 aromatic heterocycles. The van der Waals surface area contributed by atoms with Crippen molar-refractivity contribution >= 4 is 15.7 Å². The summed E-state index contributed by atoms with van der Waals surface area (Å²) < 4.78 is 32.1. The molecule has 1 aliphatic rings. The number of ether oxygens (including phenoxy) is 1. The molecule has 5 nitrogen and oxygen atoms in total. The van der Waals surface area contributed by atoms with Gasteiger partial charge in [-0.1, -0.05) is 6.42 Å². The summed E-state index contributed by atoms with van der Waals surface area (Å²) in [5.74, 6) is 0.865. The molecule has 1 aromatic carbocycles. The Morgan fingerprint density at radius 2 is 2.05 bits per heavy atom. The van der Waals surface area contributed by atoms with Gasteiger partial charge in [0.05, 0.1) is 12.4 Å². The molecule has 1 atom stereocenters. The average Bonchev–Trinajstić information content (AvgIpc) is 2.41. The van der Waals surface area contributed by atoms with E-state index >= 15 is 0 Å². The van der Waals surface area contributed by atoms with E-state index in [0.717, 1.165) is 31.6 Å². The topological polar surface area (TPSA) is 67.4 Å². The fourth-order valence-corrected chi connectivity index (χ4v) is 3.73. The van der Waals surface area contributed by atoms with Gasteiger partial charge in [0.2, 0.25) is 10.0 Å². The van der Waals surface area contributed by atoms with Crippen molar-refractivity contribution in [3.05, 3.63) is 24.3 Å². The van der Waals surface area contributed by atoms with Crippen molar-refractivity contribution in [2.45, 2.75) is 32.2 Å². The predicted molar refractivity (Wildman–Crippen MR) is 80.7 cm³/mol. The van der Waals surface area contributed by atoms with Crippen LogP contribution in [0.2, 0.25) is 0 Å². The van der Waals surface area contributed by atoms with Gasteiger partial charge in [-0.15, -0.1) is 0 Å². The third-order valence-electron chi connectivity index (χ3n) is 3.27. The van der Waals surface area contributed by atoms with Gasteiger partial charge in [0.25, 0.3) is 0 Å². The molecule has 0 aliphatic carbocycles. The van der Waals surface area contributed by atoms with Gasteiger partial charge in [-0.2, -0.15) is 0 Å². The number of anilines is 1. The zero-order valence-corrected chi connectivity index (χ0v) is 12.6. The average molecular weight is 298 g/mol. The molecule has 1 heterocycles. The van der Waals surface area contributed by atoms with Gasteiger partial charge >= 0.3 is 0 Å². The Hall–Kier alpha value is -1.27. The van der Waals surface area contributed by atoms with Crippen molar-refractivity contribution < 1.29 is 13.2 Å². The molecule has 0 amide bonds. The van der Waals surface area contributed by atoms with E-state index in [9.17, 15) is 8.42 Å². The van der Waals surface area contributed by atoms with E-state index in [2.05, 4.69) is 10.0 Å². The highest BCUT2D eigenvalue weighted by Gasteiger charge is 2.20. The lowest BCUT2D eigenvalue weighted by Gasteiger charge is -2.23. The number of hydrogen-bond donors (Lipinski definition) is 2. The Morgan fingerprint density at radius 1 is 1.30 bits per heavy atom. The van der Waals surface area contributed by atoms with Crippen LogP contribution >= 0.6 is 0 Å². The summed E-state index contributed by atoms with van der Waals surface area (Å²) >= 11 is 0. The van der Waals surface area contributed by atoms with E-state index < -0.39 is 10.0 Å². The van der Waals surface area contributed by atoms with Crippen molar-refractivity contribution in [3.8, 4) is 5.75 Å². The molecule has 6 heteroatoms. The monoisotopic (exact) mass is 298 g/mol. The van der Waals surface area contributed by atoms with E-state index in [1.54, 1.807) is 24.3 Å². The molecular weight excluding hydrogens is 276 g/mol. The van der Waals surface area contributed by atoms with Crippen molar-refractivity contribution in [2.75, 3.05) is 23.6 Å². The normalized spacial score (nSPS) is 19.6. The molecule has 1 fully saturated rings. The Morgan fingerprint density at radius 3 is 2.65 bits per heavy atom. The van der Waals surface area contributed by atoms with Crippen LogP contribution in [0.5, 0.6) is 5.75 Å². The fraction of sp³-hybridized carbons (Fsp3) is 0.571. The number of nitrogens with one attached hydrogen (secondary N) is 2. The summed E-state index contributed by atoms with van der Waals surface area (Å²) in [6.07, 6.45) is 3.14. The second kappa shape index (κ2) is 6.95. The largest absolute Gasteiger partial charge is 0.494 e. The van der Waals surface area contributed by atoms with Crippen molar-refractivity contribution in [2.24, 2.45) is 0 Å². The van der Waals surface area contributed by atoms with Crippen LogP contribution in [-0.4, -0.2) is 33.4 Å².